The zero-order valence-electron chi connectivity index (χ0n) is 17.2. The summed E-state index contributed by atoms with van der Waals surface area (Å²) in [5.74, 6) is -0.763. The van der Waals surface area contributed by atoms with Gasteiger partial charge in [-0.05, 0) is 49.6 Å². The molecule has 0 spiro atoms. The molecule has 8 heteroatoms. The van der Waals surface area contributed by atoms with Crippen molar-refractivity contribution < 1.29 is 18.0 Å². The van der Waals surface area contributed by atoms with Crippen molar-refractivity contribution in [1.29, 1.82) is 0 Å². The standard InChI is InChI=1S/C21H27N3O4S/c1-5-12-22-29(27,28)18-11-7-10-17(13-18)21(26)24(4)14-19(25)23-20-15(2)8-6-9-16(20)3/h6-11,13,22H,5,12,14H2,1-4H3,(H,23,25). The fourth-order valence-electron chi connectivity index (χ4n) is 2.81. The van der Waals surface area contributed by atoms with E-state index in [0.29, 0.717) is 13.0 Å². The van der Waals surface area contributed by atoms with Gasteiger partial charge >= 0.3 is 0 Å². The van der Waals surface area contributed by atoms with E-state index < -0.39 is 15.9 Å². The van der Waals surface area contributed by atoms with Gasteiger partial charge in [-0.15, -0.1) is 0 Å². The number of carbonyl (C=O) groups is 2. The Hall–Kier alpha value is -2.71. The average Bonchev–Trinajstić information content (AvgIpc) is 2.68. The zero-order valence-corrected chi connectivity index (χ0v) is 18.0. The lowest BCUT2D eigenvalue weighted by Crippen LogP contribution is -2.35. The van der Waals surface area contributed by atoms with Gasteiger partial charge in [0.1, 0.15) is 0 Å². The highest BCUT2D eigenvalue weighted by Gasteiger charge is 2.19. The summed E-state index contributed by atoms with van der Waals surface area (Å²) in [6.07, 6.45) is 0.663. The maximum atomic E-state index is 12.7. The molecule has 0 aliphatic heterocycles. The molecule has 2 aromatic rings. The Morgan fingerprint density at radius 3 is 2.28 bits per heavy atom. The summed E-state index contributed by atoms with van der Waals surface area (Å²) in [4.78, 5) is 26.4. The van der Waals surface area contributed by atoms with Crippen LogP contribution < -0.4 is 10.0 Å². The van der Waals surface area contributed by atoms with E-state index in [9.17, 15) is 18.0 Å². The number of aryl methyl sites for hydroxylation is 2. The largest absolute Gasteiger partial charge is 0.332 e. The van der Waals surface area contributed by atoms with Crippen LogP contribution >= 0.6 is 0 Å². The molecular formula is C21H27N3O4S. The van der Waals surface area contributed by atoms with Crippen molar-refractivity contribution in [1.82, 2.24) is 9.62 Å². The summed E-state index contributed by atoms with van der Waals surface area (Å²) >= 11 is 0. The Kier molecular flexibility index (Phi) is 7.53. The van der Waals surface area contributed by atoms with Gasteiger partial charge in [0.05, 0.1) is 11.4 Å². The molecule has 0 aliphatic rings. The van der Waals surface area contributed by atoms with Crippen LogP contribution in [0.2, 0.25) is 0 Å². The fraction of sp³-hybridized carbons (Fsp3) is 0.333. The van der Waals surface area contributed by atoms with Crippen LogP contribution in [0.3, 0.4) is 0 Å². The number of anilines is 1. The number of rotatable bonds is 8. The molecule has 0 heterocycles. The van der Waals surface area contributed by atoms with Crippen LogP contribution in [0.4, 0.5) is 5.69 Å². The molecule has 0 unspecified atom stereocenters. The van der Waals surface area contributed by atoms with Gasteiger partial charge in [0.15, 0.2) is 0 Å². The second-order valence-corrected chi connectivity index (χ2v) is 8.67. The van der Waals surface area contributed by atoms with Gasteiger partial charge in [-0.2, -0.15) is 0 Å². The van der Waals surface area contributed by atoms with E-state index in [0.717, 1.165) is 16.8 Å². The smallest absolute Gasteiger partial charge is 0.254 e. The van der Waals surface area contributed by atoms with Gasteiger partial charge in [-0.3, -0.25) is 9.59 Å². The average molecular weight is 418 g/mol. The number of amides is 2. The van der Waals surface area contributed by atoms with E-state index >= 15 is 0 Å². The number of benzene rings is 2. The molecule has 0 aliphatic carbocycles. The van der Waals surface area contributed by atoms with Gasteiger partial charge < -0.3 is 10.2 Å². The summed E-state index contributed by atoms with van der Waals surface area (Å²) in [7, 11) is -2.17. The highest BCUT2D eigenvalue weighted by molar-refractivity contribution is 7.89. The van der Waals surface area contributed by atoms with E-state index in [-0.39, 0.29) is 22.9 Å². The van der Waals surface area contributed by atoms with Crippen LogP contribution in [0.15, 0.2) is 47.4 Å². The fourth-order valence-corrected chi connectivity index (χ4v) is 3.99. The van der Waals surface area contributed by atoms with Gasteiger partial charge in [-0.25, -0.2) is 13.1 Å². The molecule has 0 saturated carbocycles. The van der Waals surface area contributed by atoms with Crippen LogP contribution in [0, 0.1) is 13.8 Å². The second-order valence-electron chi connectivity index (χ2n) is 6.90. The second kappa shape index (κ2) is 9.67. The van der Waals surface area contributed by atoms with E-state index in [1.54, 1.807) is 0 Å². The summed E-state index contributed by atoms with van der Waals surface area (Å²) in [5, 5.41) is 2.84. The molecule has 2 amide bonds. The number of para-hydroxylation sites is 1. The molecule has 0 fully saturated rings. The van der Waals surface area contributed by atoms with Crippen molar-refractivity contribution in [3.8, 4) is 0 Å². The van der Waals surface area contributed by atoms with Crippen LogP contribution in [-0.4, -0.2) is 45.3 Å². The van der Waals surface area contributed by atoms with E-state index in [1.165, 1.54) is 36.2 Å². The van der Waals surface area contributed by atoms with Crippen molar-refractivity contribution in [3.05, 3.63) is 59.2 Å². The summed E-state index contributed by atoms with van der Waals surface area (Å²) < 4.78 is 27.0. The van der Waals surface area contributed by atoms with Crippen LogP contribution in [-0.2, 0) is 14.8 Å². The lowest BCUT2D eigenvalue weighted by Gasteiger charge is -2.18. The Bertz CT molecular complexity index is 982. The number of hydrogen-bond donors (Lipinski definition) is 2. The first-order valence-corrected chi connectivity index (χ1v) is 10.8. The topological polar surface area (TPSA) is 95.6 Å². The zero-order chi connectivity index (χ0) is 21.6. The molecule has 29 heavy (non-hydrogen) atoms. The minimum absolute atomic E-state index is 0.0187. The lowest BCUT2D eigenvalue weighted by atomic mass is 10.1. The third kappa shape index (κ3) is 5.88. The molecule has 0 saturated heterocycles. The molecule has 7 nitrogen and oxygen atoms in total. The normalized spacial score (nSPS) is 11.2. The quantitative estimate of drug-likeness (QED) is 0.690. The SMILES string of the molecule is CCCNS(=O)(=O)c1cccc(C(=O)N(C)CC(=O)Nc2c(C)cccc2C)c1. The minimum Gasteiger partial charge on any atom is -0.332 e. The van der Waals surface area contributed by atoms with Gasteiger partial charge in [-0.1, -0.05) is 31.2 Å². The van der Waals surface area contributed by atoms with Crippen molar-refractivity contribution >= 4 is 27.5 Å². The summed E-state index contributed by atoms with van der Waals surface area (Å²) in [5.41, 5.74) is 2.80. The number of likely N-dealkylation sites (N-methyl/N-ethyl adjacent to an activating group) is 1. The van der Waals surface area contributed by atoms with E-state index in [2.05, 4.69) is 10.0 Å². The van der Waals surface area contributed by atoms with Crippen molar-refractivity contribution in [2.75, 3.05) is 25.5 Å². The Morgan fingerprint density at radius 2 is 1.66 bits per heavy atom. The van der Waals surface area contributed by atoms with Gasteiger partial charge in [0.25, 0.3) is 5.91 Å². The van der Waals surface area contributed by atoms with Crippen molar-refractivity contribution in [2.45, 2.75) is 32.1 Å². The monoisotopic (exact) mass is 417 g/mol. The number of sulfonamides is 1. The van der Waals surface area contributed by atoms with Crippen molar-refractivity contribution in [3.63, 3.8) is 0 Å². The Balaban J connectivity index is 2.10. The van der Waals surface area contributed by atoms with Gasteiger partial charge in [0.2, 0.25) is 15.9 Å². The number of hydrogen-bond acceptors (Lipinski definition) is 4. The molecule has 156 valence electrons. The predicted molar refractivity (Wildman–Crippen MR) is 113 cm³/mol. The summed E-state index contributed by atoms with van der Waals surface area (Å²) in [6.45, 7) is 5.82. The number of nitrogens with zero attached hydrogens (tertiary/aromatic N) is 1. The summed E-state index contributed by atoms with van der Waals surface area (Å²) in [6, 6.07) is 11.5. The first-order valence-electron chi connectivity index (χ1n) is 9.37. The first kappa shape index (κ1) is 22.6. The molecule has 2 aromatic carbocycles. The van der Waals surface area contributed by atoms with E-state index in [1.807, 2.05) is 39.0 Å². The van der Waals surface area contributed by atoms with Crippen LogP contribution in [0.5, 0.6) is 0 Å². The minimum atomic E-state index is -3.68. The number of nitrogens with one attached hydrogen (secondary N) is 2. The third-order valence-corrected chi connectivity index (χ3v) is 5.87. The van der Waals surface area contributed by atoms with Crippen molar-refractivity contribution in [2.24, 2.45) is 0 Å². The first-order chi connectivity index (χ1) is 13.7. The molecule has 2 N–H and O–H groups in total. The third-order valence-electron chi connectivity index (χ3n) is 4.41. The predicted octanol–water partition coefficient (Wildman–Crippen LogP) is 2.70. The highest BCUT2D eigenvalue weighted by Crippen LogP contribution is 2.19. The highest BCUT2D eigenvalue weighted by atomic mass is 32.2. The molecule has 0 radical (unpaired) electrons. The molecule has 0 bridgehead atoms. The van der Waals surface area contributed by atoms with E-state index in [4.69, 9.17) is 0 Å². The maximum absolute atomic E-state index is 12.7. The van der Waals surface area contributed by atoms with Crippen LogP contribution in [0.1, 0.15) is 34.8 Å². The molecular weight excluding hydrogens is 390 g/mol. The maximum Gasteiger partial charge on any atom is 0.254 e. The van der Waals surface area contributed by atoms with Crippen LogP contribution in [0.25, 0.3) is 0 Å². The Morgan fingerprint density at radius 1 is 1.03 bits per heavy atom. The molecule has 2 rings (SSSR count). The molecule has 0 aromatic heterocycles. The number of carbonyl (C=O) groups excluding carboxylic acids is 2. The molecule has 0 atom stereocenters. The lowest BCUT2D eigenvalue weighted by molar-refractivity contribution is -0.116. The van der Waals surface area contributed by atoms with Gasteiger partial charge in [0, 0.05) is 24.8 Å². The Labute approximate surface area is 172 Å².